The van der Waals surface area contributed by atoms with Gasteiger partial charge < -0.3 is 0 Å². The van der Waals surface area contributed by atoms with E-state index in [9.17, 15) is 18.0 Å². The monoisotopic (exact) mass is 227 g/mol. The molecular weight excluding hydrogens is 219 g/mol. The van der Waals surface area contributed by atoms with Gasteiger partial charge in [0.05, 0.1) is 11.6 Å². The second kappa shape index (κ2) is 4.79. The Labute approximate surface area is 90.3 Å². The molecule has 0 unspecified atom stereocenters. The zero-order valence-corrected chi connectivity index (χ0v) is 8.21. The smallest absolute Gasteiger partial charge is 0.290 e. The first-order valence-electron chi connectivity index (χ1n) is 4.52. The summed E-state index contributed by atoms with van der Waals surface area (Å²) in [6, 6.07) is 8.00. The van der Waals surface area contributed by atoms with Crippen LogP contribution in [0.3, 0.4) is 0 Å². The fraction of sp³-hybridized carbons (Fsp3) is 0.273. The molecule has 5 heteroatoms. The van der Waals surface area contributed by atoms with Crippen LogP contribution in [0.4, 0.5) is 13.2 Å². The van der Waals surface area contributed by atoms with Crippen molar-refractivity contribution in [1.82, 2.24) is 0 Å². The number of hydrogen-bond acceptors (Lipinski definition) is 2. The number of Topliss-reactive ketones (excluding diaryl/α,β-unsaturated/α-hetero) is 1. The second-order valence-corrected chi connectivity index (χ2v) is 3.23. The molecule has 1 aromatic rings. The van der Waals surface area contributed by atoms with Crippen molar-refractivity contribution in [2.24, 2.45) is 0 Å². The molecular formula is C11H8F3NO. The summed E-state index contributed by atoms with van der Waals surface area (Å²) in [5, 5.41) is 8.50. The summed E-state index contributed by atoms with van der Waals surface area (Å²) in [5.74, 6) is -1.73. The molecule has 2 nitrogen and oxygen atoms in total. The Morgan fingerprint density at radius 3 is 2.25 bits per heavy atom. The summed E-state index contributed by atoms with van der Waals surface area (Å²) in [5.41, 5.74) is 1.04. The predicted octanol–water partition coefficient (Wildman–Crippen LogP) is 2.62. The number of halogens is 3. The highest BCUT2D eigenvalue weighted by molar-refractivity contribution is 5.84. The van der Waals surface area contributed by atoms with Gasteiger partial charge in [0.15, 0.2) is 0 Å². The van der Waals surface area contributed by atoms with Crippen molar-refractivity contribution in [3.05, 3.63) is 35.4 Å². The molecule has 0 saturated heterocycles. The number of rotatable bonds is 3. The lowest BCUT2D eigenvalue weighted by molar-refractivity contribution is -0.171. The number of nitrogens with zero attached hydrogens (tertiary/aromatic N) is 1. The van der Waals surface area contributed by atoms with Gasteiger partial charge in [-0.1, -0.05) is 12.1 Å². The van der Waals surface area contributed by atoms with Gasteiger partial charge in [0.2, 0.25) is 5.78 Å². The number of nitriles is 1. The third-order valence-electron chi connectivity index (χ3n) is 2.04. The van der Waals surface area contributed by atoms with E-state index in [4.69, 9.17) is 5.26 Å². The Kier molecular flexibility index (Phi) is 3.67. The van der Waals surface area contributed by atoms with Crippen LogP contribution < -0.4 is 0 Å². The van der Waals surface area contributed by atoms with Crippen molar-refractivity contribution < 1.29 is 18.0 Å². The second-order valence-electron chi connectivity index (χ2n) is 3.23. The highest BCUT2D eigenvalue weighted by Gasteiger charge is 2.37. The number of hydrogen-bond donors (Lipinski definition) is 0. The maximum Gasteiger partial charge on any atom is 0.449 e. The number of alkyl halides is 3. The summed E-state index contributed by atoms with van der Waals surface area (Å²) in [6.45, 7) is 0. The SMILES string of the molecule is N#Cc1ccc(CCC(=O)C(F)(F)F)cc1. The Morgan fingerprint density at radius 1 is 1.25 bits per heavy atom. The van der Waals surface area contributed by atoms with Crippen LogP contribution in [-0.2, 0) is 11.2 Å². The average molecular weight is 227 g/mol. The lowest BCUT2D eigenvalue weighted by Gasteiger charge is -2.04. The minimum atomic E-state index is -4.76. The van der Waals surface area contributed by atoms with E-state index in [1.54, 1.807) is 12.1 Å². The zero-order chi connectivity index (χ0) is 12.2. The molecule has 0 radical (unpaired) electrons. The summed E-state index contributed by atoms with van der Waals surface area (Å²) >= 11 is 0. The molecule has 0 spiro atoms. The molecule has 0 amide bonds. The van der Waals surface area contributed by atoms with E-state index in [-0.39, 0.29) is 6.42 Å². The standard InChI is InChI=1S/C11H8F3NO/c12-11(13,14)10(16)6-5-8-1-3-9(7-15)4-2-8/h1-4H,5-6H2. The fourth-order valence-electron chi connectivity index (χ4n) is 1.15. The van der Waals surface area contributed by atoms with Crippen LogP contribution in [0.25, 0.3) is 0 Å². The summed E-state index contributed by atoms with van der Waals surface area (Å²) in [6.07, 6.45) is -5.29. The third-order valence-corrected chi connectivity index (χ3v) is 2.04. The predicted molar refractivity (Wildman–Crippen MR) is 50.5 cm³/mol. The van der Waals surface area contributed by atoms with Gasteiger partial charge >= 0.3 is 6.18 Å². The molecule has 0 aliphatic rings. The normalized spacial score (nSPS) is 10.9. The molecule has 0 fully saturated rings. The highest BCUT2D eigenvalue weighted by Crippen LogP contribution is 2.19. The maximum absolute atomic E-state index is 11.9. The maximum atomic E-state index is 11.9. The minimum Gasteiger partial charge on any atom is -0.290 e. The van der Waals surface area contributed by atoms with Crippen molar-refractivity contribution in [3.63, 3.8) is 0 Å². The van der Waals surface area contributed by atoms with E-state index in [1.165, 1.54) is 12.1 Å². The first kappa shape index (κ1) is 12.2. The third kappa shape index (κ3) is 3.39. The van der Waals surface area contributed by atoms with E-state index in [0.29, 0.717) is 11.1 Å². The molecule has 0 atom stereocenters. The number of carbonyl (C=O) groups is 1. The van der Waals surface area contributed by atoms with Gasteiger partial charge in [-0.3, -0.25) is 4.79 Å². The summed E-state index contributed by atoms with van der Waals surface area (Å²) in [7, 11) is 0. The van der Waals surface area contributed by atoms with Crippen molar-refractivity contribution >= 4 is 5.78 Å². The average Bonchev–Trinajstić information content (AvgIpc) is 2.25. The molecule has 84 valence electrons. The summed E-state index contributed by atoms with van der Waals surface area (Å²) in [4.78, 5) is 10.6. The Balaban J connectivity index is 2.56. The Hall–Kier alpha value is -1.83. The number of benzene rings is 1. The van der Waals surface area contributed by atoms with Crippen molar-refractivity contribution in [2.45, 2.75) is 19.0 Å². The molecule has 0 N–H and O–H groups in total. The van der Waals surface area contributed by atoms with E-state index in [1.807, 2.05) is 6.07 Å². The molecule has 1 rings (SSSR count). The van der Waals surface area contributed by atoms with Crippen LogP contribution in [0.15, 0.2) is 24.3 Å². The molecule has 0 aromatic heterocycles. The molecule has 0 aliphatic carbocycles. The van der Waals surface area contributed by atoms with Crippen LogP contribution in [0.2, 0.25) is 0 Å². The van der Waals surface area contributed by atoms with E-state index >= 15 is 0 Å². The van der Waals surface area contributed by atoms with Crippen LogP contribution in [0.1, 0.15) is 17.5 Å². The minimum absolute atomic E-state index is 0.0318. The fourth-order valence-corrected chi connectivity index (χ4v) is 1.15. The highest BCUT2D eigenvalue weighted by atomic mass is 19.4. The van der Waals surface area contributed by atoms with Gasteiger partial charge in [0.1, 0.15) is 0 Å². The van der Waals surface area contributed by atoms with Crippen LogP contribution in [0, 0.1) is 11.3 Å². The molecule has 1 aromatic carbocycles. The van der Waals surface area contributed by atoms with Gasteiger partial charge in [0.25, 0.3) is 0 Å². The van der Waals surface area contributed by atoms with Gasteiger partial charge in [-0.15, -0.1) is 0 Å². The largest absolute Gasteiger partial charge is 0.449 e. The van der Waals surface area contributed by atoms with Crippen LogP contribution in [-0.4, -0.2) is 12.0 Å². The molecule has 0 bridgehead atoms. The quantitative estimate of drug-likeness (QED) is 0.796. The van der Waals surface area contributed by atoms with Gasteiger partial charge in [0, 0.05) is 6.42 Å². The van der Waals surface area contributed by atoms with E-state index in [2.05, 4.69) is 0 Å². The molecule has 0 heterocycles. The molecule has 0 saturated carbocycles. The molecule has 0 aliphatic heterocycles. The Morgan fingerprint density at radius 2 is 1.81 bits per heavy atom. The number of carbonyl (C=O) groups excluding carboxylic acids is 1. The van der Waals surface area contributed by atoms with Gasteiger partial charge in [-0.2, -0.15) is 18.4 Å². The Bertz CT molecular complexity index is 414. The van der Waals surface area contributed by atoms with Crippen molar-refractivity contribution in [2.75, 3.05) is 0 Å². The van der Waals surface area contributed by atoms with E-state index in [0.717, 1.165) is 0 Å². The van der Waals surface area contributed by atoms with Crippen molar-refractivity contribution in [3.8, 4) is 6.07 Å². The van der Waals surface area contributed by atoms with Crippen LogP contribution >= 0.6 is 0 Å². The zero-order valence-electron chi connectivity index (χ0n) is 8.21. The lowest BCUT2D eigenvalue weighted by atomic mass is 10.1. The number of aryl methyl sites for hydroxylation is 1. The topological polar surface area (TPSA) is 40.9 Å². The van der Waals surface area contributed by atoms with Gasteiger partial charge in [-0.25, -0.2) is 0 Å². The number of ketones is 1. The van der Waals surface area contributed by atoms with Gasteiger partial charge in [-0.05, 0) is 24.1 Å². The van der Waals surface area contributed by atoms with E-state index < -0.39 is 18.4 Å². The lowest BCUT2D eigenvalue weighted by Crippen LogP contribution is -2.22. The summed E-state index contributed by atoms with van der Waals surface area (Å²) < 4.78 is 35.6. The first-order valence-corrected chi connectivity index (χ1v) is 4.52. The van der Waals surface area contributed by atoms with Crippen LogP contribution in [0.5, 0.6) is 0 Å². The molecule has 16 heavy (non-hydrogen) atoms. The van der Waals surface area contributed by atoms with Crippen molar-refractivity contribution in [1.29, 1.82) is 5.26 Å². The first-order chi connectivity index (χ1) is 7.43.